The molecular formula is C27H42O5. The smallest absolute Gasteiger partial charge is 0.169 e. The van der Waals surface area contributed by atoms with E-state index in [1.165, 1.54) is 25.7 Å². The third kappa shape index (κ3) is 8.51. The predicted molar refractivity (Wildman–Crippen MR) is 131 cm³/mol. The van der Waals surface area contributed by atoms with E-state index in [1.807, 2.05) is 30.3 Å². The highest BCUT2D eigenvalue weighted by Crippen LogP contribution is 2.41. The van der Waals surface area contributed by atoms with Crippen LogP contribution in [0.25, 0.3) is 10.8 Å². The Bertz CT molecular complexity index is 776. The molecule has 0 aliphatic rings. The molecule has 2 N–H and O–H groups in total. The monoisotopic (exact) mass is 446 g/mol. The van der Waals surface area contributed by atoms with E-state index >= 15 is 0 Å². The van der Waals surface area contributed by atoms with Gasteiger partial charge in [-0.3, -0.25) is 0 Å². The maximum Gasteiger partial charge on any atom is 0.169 e. The number of aliphatic hydroxyl groups excluding tert-OH is 2. The van der Waals surface area contributed by atoms with Crippen LogP contribution in [0.2, 0.25) is 0 Å². The summed E-state index contributed by atoms with van der Waals surface area (Å²) in [6.07, 6.45) is 9.53. The molecule has 180 valence electrons. The third-order valence-corrected chi connectivity index (χ3v) is 5.78. The van der Waals surface area contributed by atoms with Crippen molar-refractivity contribution in [2.45, 2.75) is 90.3 Å². The zero-order valence-electron chi connectivity index (χ0n) is 20.1. The van der Waals surface area contributed by atoms with Crippen molar-refractivity contribution >= 4 is 10.8 Å². The van der Waals surface area contributed by atoms with E-state index in [0.29, 0.717) is 17.2 Å². The van der Waals surface area contributed by atoms with Crippen molar-refractivity contribution in [2.24, 2.45) is 0 Å². The van der Waals surface area contributed by atoms with E-state index in [4.69, 9.17) is 14.2 Å². The van der Waals surface area contributed by atoms with Gasteiger partial charge >= 0.3 is 0 Å². The van der Waals surface area contributed by atoms with E-state index in [-0.39, 0.29) is 13.2 Å². The van der Waals surface area contributed by atoms with E-state index < -0.39 is 12.2 Å². The molecule has 2 atom stereocenters. The van der Waals surface area contributed by atoms with Crippen LogP contribution in [0.5, 0.6) is 17.2 Å². The second-order valence-corrected chi connectivity index (χ2v) is 8.58. The Morgan fingerprint density at radius 3 is 1.84 bits per heavy atom. The van der Waals surface area contributed by atoms with Crippen molar-refractivity contribution in [3.8, 4) is 17.2 Å². The summed E-state index contributed by atoms with van der Waals surface area (Å²) in [5.41, 5.74) is 0. The highest BCUT2D eigenvalue weighted by molar-refractivity contribution is 5.95. The Labute approximate surface area is 193 Å². The van der Waals surface area contributed by atoms with Gasteiger partial charge in [0.2, 0.25) is 0 Å². The Balaban J connectivity index is 2.06. The molecule has 5 nitrogen and oxygen atoms in total. The maximum absolute atomic E-state index is 10.3. The molecule has 0 fully saturated rings. The minimum Gasteiger partial charge on any atom is -0.493 e. The average molecular weight is 447 g/mol. The van der Waals surface area contributed by atoms with Crippen LogP contribution < -0.4 is 14.2 Å². The lowest BCUT2D eigenvalue weighted by atomic mass is 10.1. The maximum atomic E-state index is 10.3. The Morgan fingerprint density at radius 2 is 1.28 bits per heavy atom. The van der Waals surface area contributed by atoms with E-state index in [1.54, 1.807) is 7.11 Å². The summed E-state index contributed by atoms with van der Waals surface area (Å²) in [6.45, 7) is 4.83. The summed E-state index contributed by atoms with van der Waals surface area (Å²) in [6, 6.07) is 9.66. The van der Waals surface area contributed by atoms with Crippen LogP contribution in [0.3, 0.4) is 0 Å². The van der Waals surface area contributed by atoms with Gasteiger partial charge < -0.3 is 24.4 Å². The number of fused-ring (bicyclic) bond motifs is 1. The van der Waals surface area contributed by atoms with Crippen molar-refractivity contribution in [2.75, 3.05) is 20.3 Å². The summed E-state index contributed by atoms with van der Waals surface area (Å²) >= 11 is 0. The van der Waals surface area contributed by atoms with Crippen molar-refractivity contribution in [3.05, 3.63) is 30.3 Å². The number of methoxy groups -OCH3 is 1. The number of rotatable bonds is 17. The molecular weight excluding hydrogens is 404 g/mol. The van der Waals surface area contributed by atoms with E-state index in [0.717, 1.165) is 49.3 Å². The molecule has 0 aliphatic carbocycles. The van der Waals surface area contributed by atoms with Gasteiger partial charge in [0.1, 0.15) is 19.0 Å². The summed E-state index contributed by atoms with van der Waals surface area (Å²) < 4.78 is 17.6. The molecule has 2 unspecified atom stereocenters. The van der Waals surface area contributed by atoms with Crippen molar-refractivity contribution in [3.63, 3.8) is 0 Å². The molecule has 0 saturated carbocycles. The number of hydrogen-bond donors (Lipinski definition) is 2. The van der Waals surface area contributed by atoms with Gasteiger partial charge in [-0.05, 0) is 12.8 Å². The van der Waals surface area contributed by atoms with E-state index in [2.05, 4.69) is 13.8 Å². The second-order valence-electron chi connectivity index (χ2n) is 8.58. The first-order valence-corrected chi connectivity index (χ1v) is 12.3. The predicted octanol–water partition coefficient (Wildman–Crippen LogP) is 6.27. The highest BCUT2D eigenvalue weighted by Gasteiger charge is 2.17. The molecule has 2 rings (SSSR count). The molecule has 0 saturated heterocycles. The molecule has 2 aromatic carbocycles. The fourth-order valence-corrected chi connectivity index (χ4v) is 3.86. The fourth-order valence-electron chi connectivity index (χ4n) is 3.86. The molecule has 0 aliphatic heterocycles. The number of hydrogen-bond acceptors (Lipinski definition) is 5. The first-order valence-electron chi connectivity index (χ1n) is 12.3. The van der Waals surface area contributed by atoms with Crippen LogP contribution in [-0.4, -0.2) is 42.7 Å². The summed E-state index contributed by atoms with van der Waals surface area (Å²) in [5.74, 6) is 1.84. The lowest BCUT2D eigenvalue weighted by Gasteiger charge is -2.19. The van der Waals surface area contributed by atoms with Crippen LogP contribution in [-0.2, 0) is 0 Å². The number of unbranched alkanes of at least 4 members (excludes halogenated alkanes) is 6. The number of ether oxygens (including phenoxy) is 3. The van der Waals surface area contributed by atoms with Crippen LogP contribution >= 0.6 is 0 Å². The minimum atomic E-state index is -0.505. The third-order valence-electron chi connectivity index (χ3n) is 5.78. The largest absolute Gasteiger partial charge is 0.493 e. The Hall–Kier alpha value is -1.98. The van der Waals surface area contributed by atoms with Crippen molar-refractivity contribution in [1.82, 2.24) is 0 Å². The van der Waals surface area contributed by atoms with Gasteiger partial charge in [-0.1, -0.05) is 89.5 Å². The zero-order chi connectivity index (χ0) is 23.2. The number of benzene rings is 2. The van der Waals surface area contributed by atoms with Crippen LogP contribution in [0, 0.1) is 0 Å². The van der Waals surface area contributed by atoms with Gasteiger partial charge in [-0.15, -0.1) is 0 Å². The first kappa shape index (κ1) is 26.3. The van der Waals surface area contributed by atoms with Gasteiger partial charge in [-0.25, -0.2) is 0 Å². The molecule has 0 amide bonds. The molecule has 0 spiro atoms. The summed E-state index contributed by atoms with van der Waals surface area (Å²) in [5, 5.41) is 22.4. The second kappa shape index (κ2) is 15.0. The van der Waals surface area contributed by atoms with Crippen LogP contribution in [0.15, 0.2) is 30.3 Å². The molecule has 32 heavy (non-hydrogen) atoms. The number of aliphatic hydroxyl groups is 2. The lowest BCUT2D eigenvalue weighted by molar-refractivity contribution is 0.0954. The van der Waals surface area contributed by atoms with Crippen LogP contribution in [0.4, 0.5) is 0 Å². The molecule has 5 heteroatoms. The molecule has 0 heterocycles. The Kier molecular flexibility index (Phi) is 12.3. The van der Waals surface area contributed by atoms with Crippen molar-refractivity contribution < 1.29 is 24.4 Å². The lowest BCUT2D eigenvalue weighted by Crippen LogP contribution is -2.18. The van der Waals surface area contributed by atoms with Gasteiger partial charge in [0.05, 0.1) is 19.3 Å². The van der Waals surface area contributed by atoms with Gasteiger partial charge in [0, 0.05) is 16.8 Å². The van der Waals surface area contributed by atoms with E-state index in [9.17, 15) is 10.2 Å². The van der Waals surface area contributed by atoms with Gasteiger partial charge in [-0.2, -0.15) is 0 Å². The quantitative estimate of drug-likeness (QED) is 0.280. The average Bonchev–Trinajstić information content (AvgIpc) is 2.81. The molecule has 0 bridgehead atoms. The molecule has 2 aromatic rings. The summed E-state index contributed by atoms with van der Waals surface area (Å²) in [4.78, 5) is 0. The molecule has 0 radical (unpaired) electrons. The summed E-state index contributed by atoms with van der Waals surface area (Å²) in [7, 11) is 1.60. The Morgan fingerprint density at radius 1 is 0.719 bits per heavy atom. The normalized spacial score (nSPS) is 13.2. The molecule has 0 aromatic heterocycles. The standard InChI is InChI=1S/C27H42O5/c1-4-6-8-10-14-21(28)19-31-25-18-26(30-3)27(24-17-13-12-16-23(24)25)32-20-22(29)15-11-9-7-5-2/h12-13,16-18,21-22,28-29H,4-11,14-15,19-20H2,1-3H3. The first-order chi connectivity index (χ1) is 15.6. The topological polar surface area (TPSA) is 68.2 Å². The minimum absolute atomic E-state index is 0.225. The van der Waals surface area contributed by atoms with Gasteiger partial charge in [0.15, 0.2) is 11.5 Å². The highest BCUT2D eigenvalue weighted by atomic mass is 16.5. The van der Waals surface area contributed by atoms with Gasteiger partial charge in [0.25, 0.3) is 0 Å². The van der Waals surface area contributed by atoms with Crippen molar-refractivity contribution in [1.29, 1.82) is 0 Å². The SMILES string of the molecule is CCCCCCC(O)COc1cc(OC)c(OCC(O)CCCCCC)c2ccccc12. The zero-order valence-corrected chi connectivity index (χ0v) is 20.1. The van der Waals surface area contributed by atoms with Crippen LogP contribution in [0.1, 0.15) is 78.1 Å². The fraction of sp³-hybridized carbons (Fsp3) is 0.630.